The average molecular weight is 893 g/mol. The molecular weight excluding hydrogens is 849 g/mol. The fourth-order valence-corrected chi connectivity index (χ4v) is 11.1. The summed E-state index contributed by atoms with van der Waals surface area (Å²) in [4.78, 5) is 2.42. The van der Waals surface area contributed by atoms with Crippen LogP contribution >= 0.6 is 0 Å². The predicted octanol–water partition coefficient (Wildman–Crippen LogP) is 17.8. The maximum Gasteiger partial charge on any atom is 0.0542 e. The van der Waals surface area contributed by atoms with Crippen molar-refractivity contribution >= 4 is 82.5 Å². The van der Waals surface area contributed by atoms with Crippen LogP contribution in [-0.2, 0) is 0 Å². The van der Waals surface area contributed by atoms with E-state index in [-0.39, 0.29) is 0 Å². The van der Waals surface area contributed by atoms with Crippen LogP contribution in [0.15, 0.2) is 267 Å². The molecule has 0 saturated carbocycles. The van der Waals surface area contributed by atoms with Crippen LogP contribution in [0.5, 0.6) is 0 Å². The van der Waals surface area contributed by atoms with Crippen LogP contribution in [0.1, 0.15) is 0 Å². The molecule has 0 spiro atoms. The molecule has 4 heteroatoms. The number of para-hydroxylation sites is 7. The summed E-state index contributed by atoms with van der Waals surface area (Å²) in [6, 6.07) is 97.3. The van der Waals surface area contributed by atoms with Crippen LogP contribution in [0.25, 0.3) is 105 Å². The number of aromatic nitrogens is 3. The quantitative estimate of drug-likeness (QED) is 0.149. The highest BCUT2D eigenvalue weighted by Gasteiger charge is 2.20. The van der Waals surface area contributed by atoms with E-state index in [1.807, 2.05) is 0 Å². The van der Waals surface area contributed by atoms with E-state index in [1.165, 1.54) is 65.4 Å². The van der Waals surface area contributed by atoms with Crippen LogP contribution in [0.3, 0.4) is 0 Å². The van der Waals surface area contributed by atoms with Crippen molar-refractivity contribution in [2.45, 2.75) is 0 Å². The second-order valence-corrected chi connectivity index (χ2v) is 18.2. The van der Waals surface area contributed by atoms with Gasteiger partial charge in [-0.3, -0.25) is 0 Å². The first-order chi connectivity index (χ1) is 34.7. The zero-order valence-corrected chi connectivity index (χ0v) is 38.2. The SMILES string of the molecule is c1ccc(N(c2cc(-c3ccc(-n4c5ccccc5c5ccccc54)cc3)cc(-c3ccc(-n4c5ccccc5c5ccccc54)cc3)c2)c2ccc3c(c2)c2ccccc2n3-c2ccccc2)cc1. The lowest BCUT2D eigenvalue weighted by Gasteiger charge is -2.27. The van der Waals surface area contributed by atoms with Crippen LogP contribution in [0.2, 0.25) is 0 Å². The van der Waals surface area contributed by atoms with Crippen molar-refractivity contribution in [1.82, 2.24) is 13.7 Å². The standard InChI is InChI=1S/C66H44N4/c1-3-17-49(18-4-1)67(53-39-40-66-60(44-53)59-25-11-16-30-65(59)68(66)50-19-5-2-6-20-50)54-42-47(45-31-35-51(36-32-45)69-61-26-12-7-21-55(61)56-22-8-13-27-62(56)69)41-48(43-54)46-33-37-52(38-34-46)70-63-28-14-9-23-57(63)58-24-10-15-29-64(58)70/h1-44H. The van der Waals surface area contributed by atoms with E-state index in [9.17, 15) is 0 Å². The summed E-state index contributed by atoms with van der Waals surface area (Å²) in [5.74, 6) is 0. The minimum absolute atomic E-state index is 1.07. The predicted molar refractivity (Wildman–Crippen MR) is 295 cm³/mol. The summed E-state index contributed by atoms with van der Waals surface area (Å²) in [6.07, 6.45) is 0. The van der Waals surface area contributed by atoms with E-state index < -0.39 is 0 Å². The minimum Gasteiger partial charge on any atom is -0.310 e. The van der Waals surface area contributed by atoms with Crippen LogP contribution < -0.4 is 4.90 Å². The third kappa shape index (κ3) is 6.38. The highest BCUT2D eigenvalue weighted by atomic mass is 15.1. The summed E-state index contributed by atoms with van der Waals surface area (Å²) >= 11 is 0. The normalized spacial score (nSPS) is 11.7. The van der Waals surface area contributed by atoms with Crippen molar-refractivity contribution in [3.05, 3.63) is 267 Å². The topological polar surface area (TPSA) is 18.0 Å². The maximum absolute atomic E-state index is 2.42. The van der Waals surface area contributed by atoms with E-state index in [1.54, 1.807) is 0 Å². The Morgan fingerprint density at radius 2 is 0.543 bits per heavy atom. The molecule has 328 valence electrons. The van der Waals surface area contributed by atoms with Gasteiger partial charge in [0.1, 0.15) is 0 Å². The van der Waals surface area contributed by atoms with Crippen molar-refractivity contribution in [2.75, 3.05) is 4.90 Å². The van der Waals surface area contributed by atoms with Gasteiger partial charge in [-0.1, -0.05) is 152 Å². The van der Waals surface area contributed by atoms with Crippen molar-refractivity contribution in [2.24, 2.45) is 0 Å². The Morgan fingerprint density at radius 3 is 0.971 bits per heavy atom. The smallest absolute Gasteiger partial charge is 0.0542 e. The first-order valence-corrected chi connectivity index (χ1v) is 24.0. The number of hydrogen-bond acceptors (Lipinski definition) is 1. The fraction of sp³-hybridized carbons (Fsp3) is 0. The molecule has 3 heterocycles. The summed E-state index contributed by atoms with van der Waals surface area (Å²) in [5, 5.41) is 7.45. The molecule has 0 aliphatic carbocycles. The second-order valence-electron chi connectivity index (χ2n) is 18.2. The lowest BCUT2D eigenvalue weighted by molar-refractivity contribution is 1.18. The van der Waals surface area contributed by atoms with E-state index in [2.05, 4.69) is 286 Å². The first-order valence-electron chi connectivity index (χ1n) is 24.0. The van der Waals surface area contributed by atoms with Gasteiger partial charge in [0.25, 0.3) is 0 Å². The van der Waals surface area contributed by atoms with E-state index in [4.69, 9.17) is 0 Å². The molecular formula is C66H44N4. The van der Waals surface area contributed by atoms with Gasteiger partial charge in [0.05, 0.1) is 33.1 Å². The number of rotatable bonds is 8. The zero-order chi connectivity index (χ0) is 46.1. The summed E-state index contributed by atoms with van der Waals surface area (Å²) in [5.41, 5.74) is 18.4. The van der Waals surface area contributed by atoms with Crippen molar-refractivity contribution in [3.8, 4) is 39.3 Å². The summed E-state index contributed by atoms with van der Waals surface area (Å²) in [7, 11) is 0. The van der Waals surface area contributed by atoms with Crippen molar-refractivity contribution in [3.63, 3.8) is 0 Å². The maximum atomic E-state index is 2.42. The molecule has 0 fully saturated rings. The molecule has 14 aromatic rings. The number of benzene rings is 11. The molecule has 11 aromatic carbocycles. The largest absolute Gasteiger partial charge is 0.310 e. The molecule has 0 bridgehead atoms. The van der Waals surface area contributed by atoms with Gasteiger partial charge in [-0.2, -0.15) is 0 Å². The van der Waals surface area contributed by atoms with Gasteiger partial charge in [-0.05, 0) is 138 Å². The molecule has 0 atom stereocenters. The van der Waals surface area contributed by atoms with E-state index in [0.717, 1.165) is 56.4 Å². The Kier molecular flexibility index (Phi) is 9.17. The third-order valence-electron chi connectivity index (χ3n) is 14.2. The Hall–Kier alpha value is -9.38. The van der Waals surface area contributed by atoms with Crippen LogP contribution in [0, 0.1) is 0 Å². The third-order valence-corrected chi connectivity index (χ3v) is 14.2. The molecule has 0 aliphatic rings. The van der Waals surface area contributed by atoms with Crippen LogP contribution in [-0.4, -0.2) is 13.7 Å². The van der Waals surface area contributed by atoms with E-state index >= 15 is 0 Å². The molecule has 14 rings (SSSR count). The Labute approximate surface area is 405 Å². The van der Waals surface area contributed by atoms with Gasteiger partial charge in [-0.15, -0.1) is 0 Å². The molecule has 0 unspecified atom stereocenters. The van der Waals surface area contributed by atoms with Gasteiger partial charge in [0.15, 0.2) is 0 Å². The van der Waals surface area contributed by atoms with Gasteiger partial charge in [0.2, 0.25) is 0 Å². The van der Waals surface area contributed by atoms with Gasteiger partial charge < -0.3 is 18.6 Å². The molecule has 0 saturated heterocycles. The lowest BCUT2D eigenvalue weighted by Crippen LogP contribution is -2.10. The molecule has 0 radical (unpaired) electrons. The number of fused-ring (bicyclic) bond motifs is 9. The average Bonchev–Trinajstić information content (AvgIpc) is 4.07. The molecule has 0 aliphatic heterocycles. The monoisotopic (exact) mass is 892 g/mol. The summed E-state index contributed by atoms with van der Waals surface area (Å²) < 4.78 is 7.15. The van der Waals surface area contributed by atoms with Gasteiger partial charge in [0, 0.05) is 66.4 Å². The molecule has 70 heavy (non-hydrogen) atoms. The van der Waals surface area contributed by atoms with Gasteiger partial charge in [-0.25, -0.2) is 0 Å². The molecule has 4 nitrogen and oxygen atoms in total. The number of anilines is 3. The summed E-state index contributed by atoms with van der Waals surface area (Å²) in [6.45, 7) is 0. The zero-order valence-electron chi connectivity index (χ0n) is 38.2. The second kappa shape index (κ2) is 16.2. The van der Waals surface area contributed by atoms with E-state index in [0.29, 0.717) is 0 Å². The Bertz CT molecular complexity index is 3990. The van der Waals surface area contributed by atoms with Crippen LogP contribution in [0.4, 0.5) is 17.1 Å². The van der Waals surface area contributed by atoms with Crippen molar-refractivity contribution in [1.29, 1.82) is 0 Å². The Morgan fingerprint density at radius 1 is 0.200 bits per heavy atom. The van der Waals surface area contributed by atoms with Gasteiger partial charge >= 0.3 is 0 Å². The lowest BCUT2D eigenvalue weighted by atomic mass is 9.96. The highest BCUT2D eigenvalue weighted by Crippen LogP contribution is 2.43. The first kappa shape index (κ1) is 39.8. The molecule has 0 N–H and O–H groups in total. The molecule has 3 aromatic heterocycles. The van der Waals surface area contributed by atoms with Crippen molar-refractivity contribution < 1.29 is 0 Å². The fourth-order valence-electron chi connectivity index (χ4n) is 11.1. The molecule has 0 amide bonds. The number of nitrogens with zero attached hydrogens (tertiary/aromatic N) is 4. The minimum atomic E-state index is 1.07. The Balaban J connectivity index is 0.951. The number of hydrogen-bond donors (Lipinski definition) is 0. The highest BCUT2D eigenvalue weighted by molar-refractivity contribution is 6.12.